The standard InChI is InChI=1S/C21H26ClN3O2.2ClH/c1-27-20-12-19(23)18(22)11-17(20)21(26)24-13-15-7-9-25(10-8-15)14-16-5-3-2-4-6-16;;/h2-6,11-12,15H,7-10,13-14,23H2,1H3,(H,24,26);2*1H. The fourth-order valence-electron chi connectivity index (χ4n) is 3.44. The summed E-state index contributed by atoms with van der Waals surface area (Å²) in [6.07, 6.45) is 2.15. The van der Waals surface area contributed by atoms with Gasteiger partial charge in [-0.25, -0.2) is 0 Å². The number of ether oxygens (including phenoxy) is 1. The summed E-state index contributed by atoms with van der Waals surface area (Å²) in [6.45, 7) is 3.74. The smallest absolute Gasteiger partial charge is 0.255 e. The lowest BCUT2D eigenvalue weighted by molar-refractivity contribution is 0.0932. The van der Waals surface area contributed by atoms with Crippen LogP contribution in [0.2, 0.25) is 5.02 Å². The van der Waals surface area contributed by atoms with Gasteiger partial charge < -0.3 is 15.8 Å². The second-order valence-corrected chi connectivity index (χ2v) is 7.40. The minimum absolute atomic E-state index is 0. The maximum atomic E-state index is 12.5. The maximum absolute atomic E-state index is 12.5. The molecule has 1 saturated heterocycles. The lowest BCUT2D eigenvalue weighted by atomic mass is 9.96. The van der Waals surface area contributed by atoms with Crippen molar-refractivity contribution < 1.29 is 9.53 Å². The number of benzene rings is 2. The van der Waals surface area contributed by atoms with Crippen LogP contribution in [-0.2, 0) is 6.54 Å². The molecule has 0 radical (unpaired) electrons. The number of nitrogens with one attached hydrogen (secondary N) is 1. The van der Waals surface area contributed by atoms with Gasteiger partial charge in [-0.05, 0) is 43.5 Å². The molecule has 0 saturated carbocycles. The third kappa shape index (κ3) is 6.96. The van der Waals surface area contributed by atoms with E-state index < -0.39 is 0 Å². The first-order valence-electron chi connectivity index (χ1n) is 9.24. The van der Waals surface area contributed by atoms with E-state index in [1.807, 2.05) is 6.07 Å². The number of nitrogens with two attached hydrogens (primary N) is 1. The largest absolute Gasteiger partial charge is 0.496 e. The number of piperidine rings is 1. The van der Waals surface area contributed by atoms with Crippen molar-refractivity contribution >= 4 is 48.0 Å². The molecule has 3 rings (SSSR count). The molecule has 1 heterocycles. The van der Waals surface area contributed by atoms with Crippen LogP contribution < -0.4 is 15.8 Å². The van der Waals surface area contributed by atoms with Gasteiger partial charge in [0.25, 0.3) is 5.91 Å². The van der Waals surface area contributed by atoms with Crippen LogP contribution in [0.4, 0.5) is 5.69 Å². The highest BCUT2D eigenvalue weighted by molar-refractivity contribution is 6.33. The number of nitrogens with zero attached hydrogens (tertiary/aromatic N) is 1. The van der Waals surface area contributed by atoms with E-state index in [4.69, 9.17) is 22.1 Å². The van der Waals surface area contributed by atoms with Gasteiger partial charge in [0.2, 0.25) is 0 Å². The molecule has 2 aromatic rings. The van der Waals surface area contributed by atoms with Gasteiger partial charge in [-0.3, -0.25) is 9.69 Å². The zero-order chi connectivity index (χ0) is 19.2. The van der Waals surface area contributed by atoms with E-state index in [0.29, 0.717) is 34.5 Å². The highest BCUT2D eigenvalue weighted by Crippen LogP contribution is 2.29. The minimum atomic E-state index is -0.180. The molecule has 0 bridgehead atoms. The zero-order valence-electron chi connectivity index (χ0n) is 16.4. The first kappa shape index (κ1) is 25.4. The van der Waals surface area contributed by atoms with Gasteiger partial charge in [-0.2, -0.15) is 0 Å². The molecule has 1 amide bonds. The Bertz CT molecular complexity index is 782. The molecule has 1 fully saturated rings. The summed E-state index contributed by atoms with van der Waals surface area (Å²) in [7, 11) is 1.52. The molecular formula is C21H28Cl3N3O2. The number of halogens is 3. The van der Waals surface area contributed by atoms with Gasteiger partial charge in [-0.15, -0.1) is 24.8 Å². The van der Waals surface area contributed by atoms with E-state index in [0.717, 1.165) is 32.5 Å². The van der Waals surface area contributed by atoms with Gasteiger partial charge in [0.1, 0.15) is 5.75 Å². The lowest BCUT2D eigenvalue weighted by Gasteiger charge is -2.32. The van der Waals surface area contributed by atoms with E-state index in [-0.39, 0.29) is 30.7 Å². The number of hydrogen-bond donors (Lipinski definition) is 2. The molecule has 0 spiro atoms. The molecule has 2 aromatic carbocycles. The molecule has 0 unspecified atom stereocenters. The number of likely N-dealkylation sites (tertiary alicyclic amines) is 1. The van der Waals surface area contributed by atoms with Gasteiger partial charge >= 0.3 is 0 Å². The van der Waals surface area contributed by atoms with Crippen molar-refractivity contribution in [3.63, 3.8) is 0 Å². The number of nitrogen functional groups attached to an aromatic ring is 1. The third-order valence-corrected chi connectivity index (χ3v) is 5.40. The summed E-state index contributed by atoms with van der Waals surface area (Å²) in [5.41, 5.74) is 7.93. The van der Waals surface area contributed by atoms with Crippen molar-refractivity contribution in [1.82, 2.24) is 10.2 Å². The van der Waals surface area contributed by atoms with Crippen molar-refractivity contribution in [1.29, 1.82) is 0 Å². The lowest BCUT2D eigenvalue weighted by Crippen LogP contribution is -2.38. The molecule has 160 valence electrons. The monoisotopic (exact) mass is 459 g/mol. The highest BCUT2D eigenvalue weighted by atomic mass is 35.5. The van der Waals surface area contributed by atoms with Gasteiger partial charge in [0.05, 0.1) is 23.4 Å². The molecule has 29 heavy (non-hydrogen) atoms. The van der Waals surface area contributed by atoms with E-state index in [2.05, 4.69) is 34.5 Å². The Morgan fingerprint density at radius 1 is 1.21 bits per heavy atom. The Balaban J connectivity index is 0.00000210. The fourth-order valence-corrected chi connectivity index (χ4v) is 3.60. The topological polar surface area (TPSA) is 67.6 Å². The van der Waals surface area contributed by atoms with Crippen LogP contribution in [0.15, 0.2) is 42.5 Å². The summed E-state index contributed by atoms with van der Waals surface area (Å²) in [5.74, 6) is 0.740. The molecule has 0 aromatic heterocycles. The number of carbonyl (C=O) groups is 1. The Labute approximate surface area is 189 Å². The predicted molar refractivity (Wildman–Crippen MR) is 124 cm³/mol. The Hall–Kier alpha value is -1.66. The highest BCUT2D eigenvalue weighted by Gasteiger charge is 2.21. The number of rotatable bonds is 6. The third-order valence-electron chi connectivity index (χ3n) is 5.07. The summed E-state index contributed by atoms with van der Waals surface area (Å²) in [6, 6.07) is 13.7. The van der Waals surface area contributed by atoms with Crippen molar-refractivity contribution in [3.8, 4) is 5.75 Å². The molecule has 0 atom stereocenters. The zero-order valence-corrected chi connectivity index (χ0v) is 18.8. The van der Waals surface area contributed by atoms with Crippen LogP contribution in [0.25, 0.3) is 0 Å². The summed E-state index contributed by atoms with van der Waals surface area (Å²) >= 11 is 6.05. The van der Waals surface area contributed by atoms with Crippen LogP contribution in [0.3, 0.4) is 0 Å². The number of carbonyl (C=O) groups excluding carboxylic acids is 1. The van der Waals surface area contributed by atoms with Crippen LogP contribution >= 0.6 is 36.4 Å². The average Bonchev–Trinajstić information content (AvgIpc) is 2.69. The Morgan fingerprint density at radius 3 is 2.48 bits per heavy atom. The number of amides is 1. The normalized spacial score (nSPS) is 14.4. The Morgan fingerprint density at radius 2 is 1.86 bits per heavy atom. The van der Waals surface area contributed by atoms with Crippen molar-refractivity contribution in [2.75, 3.05) is 32.5 Å². The maximum Gasteiger partial charge on any atom is 0.255 e. The second-order valence-electron chi connectivity index (χ2n) is 6.99. The molecular weight excluding hydrogens is 433 g/mol. The molecule has 0 aliphatic carbocycles. The van der Waals surface area contributed by atoms with Crippen LogP contribution in [-0.4, -0.2) is 37.6 Å². The van der Waals surface area contributed by atoms with E-state index in [1.54, 1.807) is 12.1 Å². The number of anilines is 1. The number of methoxy groups -OCH3 is 1. The van der Waals surface area contributed by atoms with Crippen molar-refractivity contribution in [2.45, 2.75) is 19.4 Å². The van der Waals surface area contributed by atoms with Crippen LogP contribution in [0.5, 0.6) is 5.75 Å². The Kier molecular flexibility index (Phi) is 10.6. The van der Waals surface area contributed by atoms with Gasteiger partial charge in [0.15, 0.2) is 0 Å². The first-order chi connectivity index (χ1) is 13.1. The van der Waals surface area contributed by atoms with Crippen molar-refractivity contribution in [3.05, 3.63) is 58.6 Å². The number of hydrogen-bond acceptors (Lipinski definition) is 4. The fraction of sp³-hybridized carbons (Fsp3) is 0.381. The summed E-state index contributed by atoms with van der Waals surface area (Å²) < 4.78 is 5.26. The predicted octanol–water partition coefficient (Wildman–Crippen LogP) is 4.42. The van der Waals surface area contributed by atoms with Gasteiger partial charge in [-0.1, -0.05) is 41.9 Å². The van der Waals surface area contributed by atoms with Crippen LogP contribution in [0, 0.1) is 5.92 Å². The quantitative estimate of drug-likeness (QED) is 0.626. The van der Waals surface area contributed by atoms with E-state index in [9.17, 15) is 4.79 Å². The second kappa shape index (κ2) is 12.1. The van der Waals surface area contributed by atoms with E-state index >= 15 is 0 Å². The molecule has 1 aliphatic rings. The van der Waals surface area contributed by atoms with Crippen molar-refractivity contribution in [2.24, 2.45) is 5.92 Å². The molecule has 5 nitrogen and oxygen atoms in total. The molecule has 1 aliphatic heterocycles. The summed E-state index contributed by atoms with van der Waals surface area (Å²) in [4.78, 5) is 15.0. The summed E-state index contributed by atoms with van der Waals surface area (Å²) in [5, 5.41) is 3.37. The van der Waals surface area contributed by atoms with Gasteiger partial charge in [0, 0.05) is 19.2 Å². The molecule has 8 heteroatoms. The first-order valence-corrected chi connectivity index (χ1v) is 9.62. The van der Waals surface area contributed by atoms with Crippen LogP contribution in [0.1, 0.15) is 28.8 Å². The van der Waals surface area contributed by atoms with E-state index in [1.165, 1.54) is 12.7 Å². The average molecular weight is 461 g/mol. The molecule has 3 N–H and O–H groups in total. The minimum Gasteiger partial charge on any atom is -0.496 e. The SMILES string of the molecule is COc1cc(N)c(Cl)cc1C(=O)NCC1CCN(Cc2ccccc2)CC1.Cl.Cl.